The summed E-state index contributed by atoms with van der Waals surface area (Å²) in [4.78, 5) is 15.5. The summed E-state index contributed by atoms with van der Waals surface area (Å²) in [5.74, 6) is -0.0984. The van der Waals surface area contributed by atoms with E-state index >= 15 is 0 Å². The van der Waals surface area contributed by atoms with Gasteiger partial charge in [0.25, 0.3) is 0 Å². The Morgan fingerprint density at radius 3 is 3.00 bits per heavy atom. The van der Waals surface area contributed by atoms with E-state index in [-0.39, 0.29) is 5.91 Å². The van der Waals surface area contributed by atoms with Crippen molar-refractivity contribution in [3.8, 4) is 0 Å². The molecule has 0 spiro atoms. The lowest BCUT2D eigenvalue weighted by molar-refractivity contribution is -0.116. The van der Waals surface area contributed by atoms with Gasteiger partial charge in [0.15, 0.2) is 0 Å². The van der Waals surface area contributed by atoms with Gasteiger partial charge in [-0.2, -0.15) is 0 Å². The van der Waals surface area contributed by atoms with Gasteiger partial charge in [-0.1, -0.05) is 18.2 Å². The second-order valence-electron chi connectivity index (χ2n) is 2.96. The lowest BCUT2D eigenvalue weighted by atomic mass is 10.4. The number of carbonyl (C=O) groups excluding carboxylic acids is 1. The number of nitrogens with one attached hydrogen (secondary N) is 1. The van der Waals surface area contributed by atoms with Gasteiger partial charge in [0.1, 0.15) is 0 Å². The van der Waals surface area contributed by atoms with Crippen molar-refractivity contribution in [1.82, 2.24) is 10.3 Å². The predicted molar refractivity (Wildman–Crippen MR) is 62.7 cm³/mol. The van der Waals surface area contributed by atoms with Gasteiger partial charge in [-0.25, -0.2) is 4.98 Å². The minimum absolute atomic E-state index is 0.0984. The molecule has 1 aromatic heterocycles. The number of hydrogen-bond acceptors (Lipinski definition) is 3. The fourth-order valence-electron chi connectivity index (χ4n) is 0.980. The summed E-state index contributed by atoms with van der Waals surface area (Å²) in [6.07, 6.45) is 6.89. The van der Waals surface area contributed by atoms with Crippen molar-refractivity contribution < 1.29 is 4.79 Å². The molecule has 1 aromatic rings. The topological polar surface area (TPSA) is 42.0 Å². The highest BCUT2D eigenvalue weighted by atomic mass is 32.1. The van der Waals surface area contributed by atoms with Crippen LogP contribution in [0.25, 0.3) is 0 Å². The molecule has 1 rings (SSSR count). The van der Waals surface area contributed by atoms with E-state index in [0.29, 0.717) is 6.54 Å². The highest BCUT2D eigenvalue weighted by Gasteiger charge is 1.99. The lowest BCUT2D eigenvalue weighted by Gasteiger charge is -1.97. The van der Waals surface area contributed by atoms with Crippen LogP contribution in [0.15, 0.2) is 29.7 Å². The van der Waals surface area contributed by atoms with E-state index in [1.54, 1.807) is 17.4 Å². The number of rotatable bonds is 4. The number of hydrogen-bond donors (Lipinski definition) is 1. The summed E-state index contributed by atoms with van der Waals surface area (Å²) in [5.41, 5.74) is 0.908. The third-order valence-corrected chi connectivity index (χ3v) is 2.48. The van der Waals surface area contributed by atoms with Crippen LogP contribution in [0.1, 0.15) is 17.6 Å². The normalized spacial score (nSPS) is 11.3. The number of carbonyl (C=O) groups is 1. The van der Waals surface area contributed by atoms with Crippen LogP contribution >= 0.6 is 11.3 Å². The van der Waals surface area contributed by atoms with Gasteiger partial charge in [0.05, 0.1) is 17.2 Å². The maximum Gasteiger partial charge on any atom is 0.244 e. The number of nitrogens with zero attached hydrogens (tertiary/aromatic N) is 1. The average molecular weight is 222 g/mol. The smallest absolute Gasteiger partial charge is 0.244 e. The molecule has 3 nitrogen and oxygen atoms in total. The number of amides is 1. The minimum atomic E-state index is -0.0984. The third kappa shape index (κ3) is 4.56. The molecule has 4 heteroatoms. The number of aromatic nitrogens is 1. The third-order valence-electron chi connectivity index (χ3n) is 1.66. The van der Waals surface area contributed by atoms with E-state index in [1.165, 1.54) is 6.08 Å². The van der Waals surface area contributed by atoms with Crippen LogP contribution in [0.4, 0.5) is 0 Å². The molecule has 0 saturated carbocycles. The molecule has 0 atom stereocenters. The number of thiazole rings is 1. The molecule has 0 fully saturated rings. The first kappa shape index (κ1) is 11.7. The van der Waals surface area contributed by atoms with Crippen LogP contribution in [0.3, 0.4) is 0 Å². The van der Waals surface area contributed by atoms with E-state index in [2.05, 4.69) is 10.3 Å². The van der Waals surface area contributed by atoms with Gasteiger partial charge in [-0.3, -0.25) is 4.79 Å². The molecule has 80 valence electrons. The predicted octanol–water partition coefficient (Wildman–Crippen LogP) is 2.20. The van der Waals surface area contributed by atoms with Gasteiger partial charge < -0.3 is 5.32 Å². The van der Waals surface area contributed by atoms with Crippen LogP contribution in [0.5, 0.6) is 0 Å². The fourth-order valence-corrected chi connectivity index (χ4v) is 1.59. The first-order valence-electron chi connectivity index (χ1n) is 4.70. The molecule has 0 saturated heterocycles. The second kappa shape index (κ2) is 6.14. The van der Waals surface area contributed by atoms with Crippen LogP contribution in [0, 0.1) is 6.92 Å². The summed E-state index contributed by atoms with van der Waals surface area (Å²) >= 11 is 1.59. The van der Waals surface area contributed by atoms with Gasteiger partial charge >= 0.3 is 0 Å². The summed E-state index contributed by atoms with van der Waals surface area (Å²) in [6.45, 7) is 4.34. The Morgan fingerprint density at radius 1 is 1.60 bits per heavy atom. The Kier molecular flexibility index (Phi) is 4.77. The van der Waals surface area contributed by atoms with Gasteiger partial charge in [0.2, 0.25) is 5.91 Å². The zero-order valence-corrected chi connectivity index (χ0v) is 9.67. The van der Waals surface area contributed by atoms with Gasteiger partial charge in [0, 0.05) is 11.5 Å². The van der Waals surface area contributed by atoms with Crippen molar-refractivity contribution in [1.29, 1.82) is 0 Å². The molecule has 0 aromatic carbocycles. The van der Waals surface area contributed by atoms with Crippen LogP contribution in [0.2, 0.25) is 0 Å². The van der Waals surface area contributed by atoms with Crippen molar-refractivity contribution >= 4 is 17.2 Å². The highest BCUT2D eigenvalue weighted by Crippen LogP contribution is 2.06. The summed E-state index contributed by atoms with van der Waals surface area (Å²) in [6, 6.07) is 0. The Labute approximate surface area is 93.5 Å². The largest absolute Gasteiger partial charge is 0.347 e. The zero-order chi connectivity index (χ0) is 11.1. The van der Waals surface area contributed by atoms with E-state index in [1.807, 2.05) is 31.4 Å². The molecule has 0 bridgehead atoms. The van der Waals surface area contributed by atoms with Crippen LogP contribution in [-0.2, 0) is 11.3 Å². The Morgan fingerprint density at radius 2 is 2.40 bits per heavy atom. The number of allylic oxidation sites excluding steroid dienone is 3. The van der Waals surface area contributed by atoms with E-state index < -0.39 is 0 Å². The van der Waals surface area contributed by atoms with Crippen molar-refractivity contribution in [2.45, 2.75) is 20.4 Å². The maximum atomic E-state index is 11.2. The molecule has 0 aliphatic rings. The SMILES string of the molecule is C/C=C/C=C/C(=O)NCc1csc(C)n1. The van der Waals surface area contributed by atoms with Crippen molar-refractivity contribution in [2.24, 2.45) is 0 Å². The molecule has 1 heterocycles. The van der Waals surface area contributed by atoms with E-state index in [4.69, 9.17) is 0 Å². The fraction of sp³-hybridized carbons (Fsp3) is 0.273. The van der Waals surface area contributed by atoms with Crippen LogP contribution in [-0.4, -0.2) is 10.9 Å². The molecule has 0 aliphatic heterocycles. The molecule has 0 aliphatic carbocycles. The monoisotopic (exact) mass is 222 g/mol. The lowest BCUT2D eigenvalue weighted by Crippen LogP contribution is -2.20. The van der Waals surface area contributed by atoms with E-state index in [9.17, 15) is 4.79 Å². The van der Waals surface area contributed by atoms with Gasteiger partial charge in [-0.15, -0.1) is 11.3 Å². The van der Waals surface area contributed by atoms with Crippen molar-refractivity contribution in [3.63, 3.8) is 0 Å². The molecule has 0 unspecified atom stereocenters. The van der Waals surface area contributed by atoms with E-state index in [0.717, 1.165) is 10.7 Å². The van der Waals surface area contributed by atoms with Crippen molar-refractivity contribution in [2.75, 3.05) is 0 Å². The molecule has 15 heavy (non-hydrogen) atoms. The molecule has 0 radical (unpaired) electrons. The summed E-state index contributed by atoms with van der Waals surface area (Å²) in [5, 5.41) is 5.72. The first-order valence-corrected chi connectivity index (χ1v) is 5.58. The summed E-state index contributed by atoms with van der Waals surface area (Å²) in [7, 11) is 0. The van der Waals surface area contributed by atoms with Gasteiger partial charge in [-0.05, 0) is 13.8 Å². The summed E-state index contributed by atoms with van der Waals surface area (Å²) < 4.78 is 0. The molecular formula is C11H14N2OS. The van der Waals surface area contributed by atoms with Crippen molar-refractivity contribution in [3.05, 3.63) is 40.4 Å². The maximum absolute atomic E-state index is 11.2. The average Bonchev–Trinajstić information content (AvgIpc) is 2.62. The molecule has 1 N–H and O–H groups in total. The number of aryl methyl sites for hydroxylation is 1. The minimum Gasteiger partial charge on any atom is -0.347 e. The second-order valence-corrected chi connectivity index (χ2v) is 4.02. The standard InChI is InChI=1S/C11H14N2OS/c1-3-4-5-6-11(14)12-7-10-8-15-9(2)13-10/h3-6,8H,7H2,1-2H3,(H,12,14)/b4-3+,6-5+. The molecule has 1 amide bonds. The Hall–Kier alpha value is -1.42. The quantitative estimate of drug-likeness (QED) is 0.627. The zero-order valence-electron chi connectivity index (χ0n) is 8.86. The highest BCUT2D eigenvalue weighted by molar-refractivity contribution is 7.09. The first-order chi connectivity index (χ1) is 7.22. The Balaban J connectivity index is 2.34. The van der Waals surface area contributed by atoms with Crippen LogP contribution < -0.4 is 5.32 Å². The Bertz CT molecular complexity index is 380. The molecular weight excluding hydrogens is 208 g/mol.